The molecule has 0 aliphatic heterocycles. The molecule has 0 aliphatic rings. The Labute approximate surface area is 159 Å². The molecule has 2 heterocycles. The lowest BCUT2D eigenvalue weighted by molar-refractivity contribution is 0.0605. The summed E-state index contributed by atoms with van der Waals surface area (Å²) in [5.41, 5.74) is 6.84. The molecule has 0 aliphatic carbocycles. The van der Waals surface area contributed by atoms with Crippen molar-refractivity contribution >= 4 is 39.0 Å². The summed E-state index contributed by atoms with van der Waals surface area (Å²) >= 11 is 1.23. The fourth-order valence-corrected chi connectivity index (χ4v) is 3.61. The molecule has 1 aromatic carbocycles. The second-order valence-corrected chi connectivity index (χ2v) is 6.88. The van der Waals surface area contributed by atoms with Crippen LogP contribution in [0.3, 0.4) is 0 Å². The third kappa shape index (κ3) is 3.83. The Balaban J connectivity index is 2.05. The van der Waals surface area contributed by atoms with E-state index in [4.69, 9.17) is 15.2 Å². The average molecular weight is 390 g/mol. The van der Waals surface area contributed by atoms with Crippen molar-refractivity contribution in [3.05, 3.63) is 40.8 Å². The highest BCUT2D eigenvalue weighted by Crippen LogP contribution is 2.36. The maximum Gasteiger partial charge on any atom is 0.348 e. The molecule has 3 aromatic rings. The number of halogens is 1. The summed E-state index contributed by atoms with van der Waals surface area (Å²) in [7, 11) is 1.33. The van der Waals surface area contributed by atoms with Gasteiger partial charge in [-0.2, -0.15) is 0 Å². The third-order valence-electron chi connectivity index (χ3n) is 3.95. The lowest BCUT2D eigenvalue weighted by Crippen LogP contribution is -2.23. The Morgan fingerprint density at radius 2 is 2.19 bits per heavy atom. The van der Waals surface area contributed by atoms with Gasteiger partial charge < -0.3 is 20.5 Å². The van der Waals surface area contributed by atoms with Gasteiger partial charge in [0, 0.05) is 12.6 Å². The van der Waals surface area contributed by atoms with E-state index in [0.717, 1.165) is 0 Å². The Morgan fingerprint density at radius 1 is 1.41 bits per heavy atom. The zero-order valence-electron chi connectivity index (χ0n) is 15.1. The zero-order chi connectivity index (χ0) is 19.6. The molecule has 0 radical (unpaired) electrons. The number of carbonyl (C=O) groups excluding carboxylic acids is 1. The number of anilines is 2. The largest absolute Gasteiger partial charge is 0.487 e. The van der Waals surface area contributed by atoms with E-state index >= 15 is 0 Å². The number of nitrogens with zero attached hydrogens (tertiary/aromatic N) is 2. The van der Waals surface area contributed by atoms with Crippen molar-refractivity contribution in [2.24, 2.45) is 5.73 Å². The van der Waals surface area contributed by atoms with Crippen molar-refractivity contribution in [3.8, 4) is 5.75 Å². The number of hydrogen-bond donors (Lipinski definition) is 2. The van der Waals surface area contributed by atoms with Gasteiger partial charge in [0.25, 0.3) is 0 Å². The van der Waals surface area contributed by atoms with Crippen molar-refractivity contribution in [2.75, 3.05) is 19.0 Å². The fraction of sp³-hybridized carbons (Fsp3) is 0.278. The van der Waals surface area contributed by atoms with E-state index in [-0.39, 0.29) is 6.10 Å². The van der Waals surface area contributed by atoms with Crippen LogP contribution in [-0.2, 0) is 4.74 Å². The summed E-state index contributed by atoms with van der Waals surface area (Å²) in [6, 6.07) is 4.17. The summed E-state index contributed by atoms with van der Waals surface area (Å²) in [6.45, 7) is 3.89. The number of thiophene rings is 1. The van der Waals surface area contributed by atoms with E-state index in [2.05, 4.69) is 15.3 Å². The van der Waals surface area contributed by atoms with Crippen LogP contribution in [0.4, 0.5) is 15.9 Å². The van der Waals surface area contributed by atoms with Crippen LogP contribution in [0.25, 0.3) is 10.2 Å². The topological polar surface area (TPSA) is 99.4 Å². The molecule has 2 aromatic heterocycles. The number of carbonyl (C=O) groups is 1. The molecule has 142 valence electrons. The SMILES string of the molecule is COC(=O)c1sc2ncnc(Nc3ccc(F)cc3OC(C)CN)c2c1C. The van der Waals surface area contributed by atoms with E-state index in [1.807, 2.05) is 0 Å². The minimum Gasteiger partial charge on any atom is -0.487 e. The standard InChI is InChI=1S/C18H19FN4O3S/c1-9(7-20)26-13-6-11(19)4-5-12(13)23-16-14-10(2)15(18(24)25-3)27-17(14)22-8-21-16/h4-6,8-9H,7,20H2,1-3H3,(H,21,22,23). The summed E-state index contributed by atoms with van der Waals surface area (Å²) in [5, 5.41) is 3.85. The van der Waals surface area contributed by atoms with Crippen LogP contribution in [0.15, 0.2) is 24.5 Å². The molecular weight excluding hydrogens is 371 g/mol. The molecule has 1 unspecified atom stereocenters. The summed E-state index contributed by atoms with van der Waals surface area (Å²) in [4.78, 5) is 21.6. The highest BCUT2D eigenvalue weighted by molar-refractivity contribution is 7.20. The summed E-state index contributed by atoms with van der Waals surface area (Å²) in [5.74, 6) is -0.0436. The molecule has 0 spiro atoms. The lowest BCUT2D eigenvalue weighted by atomic mass is 10.2. The predicted octanol–water partition coefficient (Wildman–Crippen LogP) is 3.40. The molecular formula is C18H19FN4O3S. The first-order chi connectivity index (χ1) is 12.9. The normalized spacial score (nSPS) is 12.0. The second-order valence-electron chi connectivity index (χ2n) is 5.88. The number of nitrogens with two attached hydrogens (primary N) is 1. The number of aromatic nitrogens is 2. The van der Waals surface area contributed by atoms with Crippen molar-refractivity contribution < 1.29 is 18.7 Å². The number of ether oxygens (including phenoxy) is 2. The number of esters is 1. The fourth-order valence-electron chi connectivity index (χ4n) is 2.54. The average Bonchev–Trinajstić information content (AvgIpc) is 3.00. The minimum absolute atomic E-state index is 0.286. The number of hydrogen-bond acceptors (Lipinski definition) is 8. The van der Waals surface area contributed by atoms with E-state index in [0.29, 0.717) is 44.5 Å². The van der Waals surface area contributed by atoms with Crippen molar-refractivity contribution in [3.63, 3.8) is 0 Å². The van der Waals surface area contributed by atoms with E-state index < -0.39 is 11.8 Å². The van der Waals surface area contributed by atoms with Crippen LogP contribution in [-0.4, -0.2) is 35.7 Å². The highest BCUT2D eigenvalue weighted by atomic mass is 32.1. The van der Waals surface area contributed by atoms with Gasteiger partial charge in [-0.3, -0.25) is 0 Å². The Kier molecular flexibility index (Phi) is 5.52. The highest BCUT2D eigenvalue weighted by Gasteiger charge is 2.20. The molecule has 27 heavy (non-hydrogen) atoms. The van der Waals surface area contributed by atoms with Gasteiger partial charge in [-0.25, -0.2) is 19.2 Å². The van der Waals surface area contributed by atoms with Gasteiger partial charge in [0.15, 0.2) is 0 Å². The minimum atomic E-state index is -0.427. The smallest absolute Gasteiger partial charge is 0.348 e. The predicted molar refractivity (Wildman–Crippen MR) is 102 cm³/mol. The van der Waals surface area contributed by atoms with Crippen LogP contribution in [0.1, 0.15) is 22.2 Å². The van der Waals surface area contributed by atoms with Crippen molar-refractivity contribution in [2.45, 2.75) is 20.0 Å². The molecule has 0 fully saturated rings. The Hall–Kier alpha value is -2.78. The first-order valence-electron chi connectivity index (χ1n) is 8.20. The number of aryl methyl sites for hydroxylation is 1. The van der Waals surface area contributed by atoms with Crippen LogP contribution in [0, 0.1) is 12.7 Å². The first kappa shape index (κ1) is 19.0. The van der Waals surface area contributed by atoms with Crippen LogP contribution < -0.4 is 15.8 Å². The molecule has 1 atom stereocenters. The van der Waals surface area contributed by atoms with Crippen molar-refractivity contribution in [1.29, 1.82) is 0 Å². The molecule has 3 rings (SSSR count). The third-order valence-corrected chi connectivity index (χ3v) is 5.13. The van der Waals surface area contributed by atoms with E-state index in [1.165, 1.54) is 36.9 Å². The number of nitrogens with one attached hydrogen (secondary N) is 1. The first-order valence-corrected chi connectivity index (χ1v) is 9.02. The Morgan fingerprint density at radius 3 is 2.89 bits per heavy atom. The quantitative estimate of drug-likeness (QED) is 0.622. The van der Waals surface area contributed by atoms with E-state index in [9.17, 15) is 9.18 Å². The monoisotopic (exact) mass is 390 g/mol. The van der Waals surface area contributed by atoms with Gasteiger partial charge >= 0.3 is 5.97 Å². The van der Waals surface area contributed by atoms with Gasteiger partial charge in [-0.15, -0.1) is 11.3 Å². The van der Waals surface area contributed by atoms with Crippen LogP contribution >= 0.6 is 11.3 Å². The van der Waals surface area contributed by atoms with Gasteiger partial charge in [0.1, 0.15) is 39.5 Å². The Bertz CT molecular complexity index is 992. The molecule has 9 heteroatoms. The maximum absolute atomic E-state index is 13.7. The van der Waals surface area contributed by atoms with Crippen LogP contribution in [0.5, 0.6) is 5.75 Å². The number of benzene rings is 1. The van der Waals surface area contributed by atoms with Crippen LogP contribution in [0.2, 0.25) is 0 Å². The summed E-state index contributed by atoms with van der Waals surface area (Å²) in [6.07, 6.45) is 1.11. The molecule has 0 saturated carbocycles. The zero-order valence-corrected chi connectivity index (χ0v) is 15.9. The molecule has 0 saturated heterocycles. The van der Waals surface area contributed by atoms with Gasteiger partial charge in [0.2, 0.25) is 0 Å². The summed E-state index contributed by atoms with van der Waals surface area (Å²) < 4.78 is 24.2. The maximum atomic E-state index is 13.7. The van der Waals surface area contributed by atoms with Gasteiger partial charge in [-0.1, -0.05) is 0 Å². The molecule has 0 amide bonds. The molecule has 0 bridgehead atoms. The number of fused-ring (bicyclic) bond motifs is 1. The number of rotatable bonds is 6. The van der Waals surface area contributed by atoms with Crippen molar-refractivity contribution in [1.82, 2.24) is 9.97 Å². The molecule has 3 N–H and O–H groups in total. The van der Waals surface area contributed by atoms with Gasteiger partial charge in [-0.05, 0) is 31.5 Å². The molecule has 7 nitrogen and oxygen atoms in total. The number of methoxy groups -OCH3 is 1. The van der Waals surface area contributed by atoms with E-state index in [1.54, 1.807) is 19.9 Å². The van der Waals surface area contributed by atoms with Gasteiger partial charge in [0.05, 0.1) is 18.2 Å². The lowest BCUT2D eigenvalue weighted by Gasteiger charge is -2.17. The second kappa shape index (κ2) is 7.85.